The molecule has 3 rings (SSSR count). The van der Waals surface area contributed by atoms with E-state index in [2.05, 4.69) is 30.2 Å². The normalized spacial score (nSPS) is 16.7. The van der Waals surface area contributed by atoms with Crippen LogP contribution in [0.3, 0.4) is 0 Å². The van der Waals surface area contributed by atoms with Crippen LogP contribution in [0.15, 0.2) is 10.9 Å². The molecule has 2 heterocycles. The molecule has 0 radical (unpaired) electrons. The van der Waals surface area contributed by atoms with Gasteiger partial charge in [-0.3, -0.25) is 10.00 Å². The molecule has 0 atom stereocenters. The lowest BCUT2D eigenvalue weighted by atomic mass is 9.94. The average molecular weight is 292 g/mol. The van der Waals surface area contributed by atoms with Gasteiger partial charge in [0, 0.05) is 12.6 Å². The predicted molar refractivity (Wildman–Crippen MR) is 74.0 cm³/mol. The first-order valence-electron chi connectivity index (χ1n) is 7.40. The van der Waals surface area contributed by atoms with Gasteiger partial charge >= 0.3 is 0 Å². The number of aliphatic hydroxyl groups is 1. The molecule has 2 aromatic heterocycles. The summed E-state index contributed by atoms with van der Waals surface area (Å²) in [4.78, 5) is 10.6. The highest BCUT2D eigenvalue weighted by atomic mass is 16.5. The van der Waals surface area contributed by atoms with Crippen LogP contribution in [0.4, 0.5) is 0 Å². The molecule has 1 fully saturated rings. The lowest BCUT2D eigenvalue weighted by Crippen LogP contribution is -2.38. The Balaban J connectivity index is 1.67. The van der Waals surface area contributed by atoms with Crippen LogP contribution in [-0.2, 0) is 6.54 Å². The Kier molecular flexibility index (Phi) is 4.56. The maximum absolute atomic E-state index is 9.27. The van der Waals surface area contributed by atoms with Gasteiger partial charge in [-0.2, -0.15) is 10.1 Å². The summed E-state index contributed by atoms with van der Waals surface area (Å²) in [6.07, 6.45) is 7.55. The van der Waals surface area contributed by atoms with Crippen molar-refractivity contribution in [2.75, 3.05) is 13.2 Å². The van der Waals surface area contributed by atoms with E-state index in [-0.39, 0.29) is 6.61 Å². The van der Waals surface area contributed by atoms with E-state index in [1.54, 1.807) is 0 Å². The van der Waals surface area contributed by atoms with Crippen molar-refractivity contribution in [3.05, 3.63) is 12.2 Å². The summed E-state index contributed by atoms with van der Waals surface area (Å²) in [7, 11) is 0. The zero-order valence-corrected chi connectivity index (χ0v) is 11.9. The fraction of sp³-hybridized carbons (Fsp3) is 0.692. The smallest absolute Gasteiger partial charge is 0.241 e. The van der Waals surface area contributed by atoms with Crippen molar-refractivity contribution in [3.8, 4) is 11.6 Å². The number of aliphatic hydroxyl groups excluding tert-OH is 1. The fourth-order valence-corrected chi connectivity index (χ4v) is 2.87. The van der Waals surface area contributed by atoms with E-state index in [0.29, 0.717) is 36.7 Å². The maximum atomic E-state index is 9.27. The molecule has 0 spiro atoms. The molecule has 2 N–H and O–H groups in total. The SMILES string of the molecule is OCCN(Cc1nc(-c2ncn[nH]2)no1)C1CCCCC1. The average Bonchev–Trinajstić information content (AvgIpc) is 3.19. The van der Waals surface area contributed by atoms with Crippen molar-refractivity contribution in [1.82, 2.24) is 30.2 Å². The maximum Gasteiger partial charge on any atom is 0.241 e. The summed E-state index contributed by atoms with van der Waals surface area (Å²) in [5, 5.41) is 19.7. The molecule has 1 aliphatic rings. The molecule has 0 aromatic carbocycles. The first kappa shape index (κ1) is 14.2. The second kappa shape index (κ2) is 6.77. The van der Waals surface area contributed by atoms with Crippen molar-refractivity contribution in [1.29, 1.82) is 0 Å². The minimum absolute atomic E-state index is 0.138. The third-order valence-corrected chi connectivity index (χ3v) is 3.91. The van der Waals surface area contributed by atoms with Gasteiger partial charge in [-0.05, 0) is 12.8 Å². The van der Waals surface area contributed by atoms with Crippen molar-refractivity contribution < 1.29 is 9.63 Å². The lowest BCUT2D eigenvalue weighted by Gasteiger charge is -2.32. The number of aromatic amines is 1. The molecule has 114 valence electrons. The quantitative estimate of drug-likeness (QED) is 0.817. The van der Waals surface area contributed by atoms with E-state index < -0.39 is 0 Å². The van der Waals surface area contributed by atoms with Gasteiger partial charge in [-0.15, -0.1) is 0 Å². The van der Waals surface area contributed by atoms with Crippen LogP contribution in [0.25, 0.3) is 11.6 Å². The first-order chi connectivity index (χ1) is 10.4. The number of rotatable bonds is 6. The molecule has 0 bridgehead atoms. The molecule has 8 nitrogen and oxygen atoms in total. The van der Waals surface area contributed by atoms with Crippen LogP contribution in [0.5, 0.6) is 0 Å². The van der Waals surface area contributed by atoms with Gasteiger partial charge in [-0.1, -0.05) is 24.4 Å². The second-order valence-electron chi connectivity index (χ2n) is 5.33. The Morgan fingerprint density at radius 2 is 2.19 bits per heavy atom. The van der Waals surface area contributed by atoms with Gasteiger partial charge in [-0.25, -0.2) is 4.98 Å². The highest BCUT2D eigenvalue weighted by Crippen LogP contribution is 2.23. The van der Waals surface area contributed by atoms with Crippen LogP contribution in [0.1, 0.15) is 38.0 Å². The highest BCUT2D eigenvalue weighted by Gasteiger charge is 2.23. The minimum atomic E-state index is 0.138. The zero-order chi connectivity index (χ0) is 14.5. The predicted octanol–water partition coefficient (Wildman–Crippen LogP) is 0.982. The topological polar surface area (TPSA) is 104 Å². The number of hydrogen-bond donors (Lipinski definition) is 2. The largest absolute Gasteiger partial charge is 0.395 e. The summed E-state index contributed by atoms with van der Waals surface area (Å²) in [5.74, 6) is 1.45. The van der Waals surface area contributed by atoms with E-state index in [1.807, 2.05) is 0 Å². The molecular formula is C13H20N6O2. The molecule has 0 aliphatic heterocycles. The van der Waals surface area contributed by atoms with E-state index in [9.17, 15) is 5.11 Å². The Morgan fingerprint density at radius 3 is 2.90 bits per heavy atom. The number of aromatic nitrogens is 5. The van der Waals surface area contributed by atoms with Crippen LogP contribution < -0.4 is 0 Å². The Morgan fingerprint density at radius 1 is 1.33 bits per heavy atom. The van der Waals surface area contributed by atoms with E-state index in [0.717, 1.165) is 0 Å². The molecular weight excluding hydrogens is 272 g/mol. The molecule has 21 heavy (non-hydrogen) atoms. The van der Waals surface area contributed by atoms with Crippen LogP contribution in [0.2, 0.25) is 0 Å². The summed E-state index contributed by atoms with van der Waals surface area (Å²) in [5.41, 5.74) is 0. The molecule has 0 saturated heterocycles. The number of hydrogen-bond acceptors (Lipinski definition) is 7. The molecule has 2 aromatic rings. The Bertz CT molecular complexity index is 535. The lowest BCUT2D eigenvalue weighted by molar-refractivity contribution is 0.105. The standard InChI is InChI=1S/C13H20N6O2/c20-7-6-19(10-4-2-1-3-5-10)8-11-16-13(18-21-11)12-14-9-15-17-12/h9-10,20H,1-8H2,(H,14,15,17). The first-order valence-corrected chi connectivity index (χ1v) is 7.40. The van der Waals surface area contributed by atoms with Gasteiger partial charge in [0.25, 0.3) is 0 Å². The highest BCUT2D eigenvalue weighted by molar-refractivity contribution is 5.39. The van der Waals surface area contributed by atoms with Crippen molar-refractivity contribution in [2.24, 2.45) is 0 Å². The van der Waals surface area contributed by atoms with Gasteiger partial charge in [0.15, 0.2) is 5.82 Å². The van der Waals surface area contributed by atoms with Gasteiger partial charge in [0.1, 0.15) is 6.33 Å². The third kappa shape index (κ3) is 3.45. The molecule has 0 unspecified atom stereocenters. The summed E-state index contributed by atoms with van der Waals surface area (Å²) < 4.78 is 5.28. The van der Waals surface area contributed by atoms with Gasteiger partial charge in [0.05, 0.1) is 13.2 Å². The van der Waals surface area contributed by atoms with Crippen LogP contribution >= 0.6 is 0 Å². The second-order valence-corrected chi connectivity index (χ2v) is 5.33. The molecule has 1 saturated carbocycles. The van der Waals surface area contributed by atoms with Crippen molar-refractivity contribution in [3.63, 3.8) is 0 Å². The Hall–Kier alpha value is -1.80. The molecule has 8 heteroatoms. The summed E-state index contributed by atoms with van der Waals surface area (Å²) >= 11 is 0. The summed E-state index contributed by atoms with van der Waals surface area (Å²) in [6, 6.07) is 0.492. The number of nitrogens with zero attached hydrogens (tertiary/aromatic N) is 5. The van der Waals surface area contributed by atoms with E-state index in [1.165, 1.54) is 38.4 Å². The van der Waals surface area contributed by atoms with Crippen molar-refractivity contribution in [2.45, 2.75) is 44.7 Å². The Labute approximate surface area is 122 Å². The third-order valence-electron chi connectivity index (χ3n) is 3.91. The summed E-state index contributed by atoms with van der Waals surface area (Å²) in [6.45, 7) is 1.33. The van der Waals surface area contributed by atoms with E-state index >= 15 is 0 Å². The minimum Gasteiger partial charge on any atom is -0.395 e. The monoisotopic (exact) mass is 292 g/mol. The number of H-pyrrole nitrogens is 1. The van der Waals surface area contributed by atoms with E-state index in [4.69, 9.17) is 4.52 Å². The van der Waals surface area contributed by atoms with Crippen LogP contribution in [0, 0.1) is 0 Å². The van der Waals surface area contributed by atoms with Gasteiger partial charge in [0.2, 0.25) is 11.7 Å². The van der Waals surface area contributed by atoms with Gasteiger partial charge < -0.3 is 9.63 Å². The molecule has 0 amide bonds. The fourth-order valence-electron chi connectivity index (χ4n) is 2.87. The van der Waals surface area contributed by atoms with Crippen molar-refractivity contribution >= 4 is 0 Å². The van der Waals surface area contributed by atoms with Crippen LogP contribution in [-0.4, -0.2) is 54.5 Å². The molecule has 1 aliphatic carbocycles. The number of nitrogens with one attached hydrogen (secondary N) is 1. The zero-order valence-electron chi connectivity index (χ0n) is 11.9.